The Morgan fingerprint density at radius 1 is 1.04 bits per heavy atom. The Labute approximate surface area is 148 Å². The number of rotatable bonds is 9. The van der Waals surface area contributed by atoms with Gasteiger partial charge in [-0.2, -0.15) is 0 Å². The molecule has 0 unspecified atom stereocenters. The molecule has 0 saturated carbocycles. The van der Waals surface area contributed by atoms with Crippen LogP contribution in [-0.4, -0.2) is 51.7 Å². The molecule has 0 fully saturated rings. The van der Waals surface area contributed by atoms with Crippen molar-refractivity contribution in [3.8, 4) is 11.4 Å². The lowest BCUT2D eigenvalue weighted by atomic mass is 10.2. The SMILES string of the molecule is COCCNCCNS(=O)(=O)c1cnc(-c2ccccc2)nc1.Cl. The van der Waals surface area contributed by atoms with Crippen LogP contribution < -0.4 is 10.0 Å². The third-order valence-electron chi connectivity index (χ3n) is 3.05. The molecule has 1 aromatic heterocycles. The molecule has 0 radical (unpaired) electrons. The second-order valence-electron chi connectivity index (χ2n) is 4.75. The van der Waals surface area contributed by atoms with E-state index in [2.05, 4.69) is 20.0 Å². The van der Waals surface area contributed by atoms with Gasteiger partial charge < -0.3 is 10.1 Å². The molecule has 1 heterocycles. The predicted octanol–water partition coefficient (Wildman–Crippen LogP) is 1.08. The van der Waals surface area contributed by atoms with Gasteiger partial charge in [0.15, 0.2) is 5.82 Å². The number of methoxy groups -OCH3 is 1. The van der Waals surface area contributed by atoms with Gasteiger partial charge in [0.05, 0.1) is 19.0 Å². The van der Waals surface area contributed by atoms with Crippen LogP contribution in [0.1, 0.15) is 0 Å². The average Bonchev–Trinajstić information content (AvgIpc) is 2.59. The molecule has 132 valence electrons. The fourth-order valence-corrected chi connectivity index (χ4v) is 2.77. The monoisotopic (exact) mass is 372 g/mol. The summed E-state index contributed by atoms with van der Waals surface area (Å²) >= 11 is 0. The summed E-state index contributed by atoms with van der Waals surface area (Å²) in [6.45, 7) is 2.06. The summed E-state index contributed by atoms with van der Waals surface area (Å²) < 4.78 is 31.6. The topological polar surface area (TPSA) is 93.2 Å². The zero-order valence-corrected chi connectivity index (χ0v) is 14.9. The van der Waals surface area contributed by atoms with E-state index in [4.69, 9.17) is 4.74 Å². The van der Waals surface area contributed by atoms with Crippen molar-refractivity contribution >= 4 is 22.4 Å². The zero-order chi connectivity index (χ0) is 16.5. The number of nitrogens with one attached hydrogen (secondary N) is 2. The van der Waals surface area contributed by atoms with Gasteiger partial charge in [-0.1, -0.05) is 30.3 Å². The van der Waals surface area contributed by atoms with Gasteiger partial charge in [-0.15, -0.1) is 12.4 Å². The van der Waals surface area contributed by atoms with E-state index in [1.165, 1.54) is 12.4 Å². The number of halogens is 1. The number of hydrogen-bond acceptors (Lipinski definition) is 6. The van der Waals surface area contributed by atoms with Crippen LogP contribution >= 0.6 is 12.4 Å². The van der Waals surface area contributed by atoms with E-state index >= 15 is 0 Å². The normalized spacial score (nSPS) is 11.0. The molecule has 0 amide bonds. The lowest BCUT2D eigenvalue weighted by Crippen LogP contribution is -2.33. The molecular formula is C15H21ClN4O3S. The van der Waals surface area contributed by atoms with Crippen molar-refractivity contribution in [2.75, 3.05) is 33.4 Å². The smallest absolute Gasteiger partial charge is 0.243 e. The Bertz CT molecular complexity index is 696. The first kappa shape index (κ1) is 20.5. The molecule has 0 aliphatic carbocycles. The summed E-state index contributed by atoms with van der Waals surface area (Å²) in [5, 5.41) is 3.06. The predicted molar refractivity (Wildman–Crippen MR) is 94.7 cm³/mol. The standard InChI is InChI=1S/C15H20N4O3S.ClH/c1-22-10-9-16-7-8-19-23(20,21)14-11-17-15(18-12-14)13-5-3-2-4-6-13;/h2-6,11-12,16,19H,7-10H2,1H3;1H. The van der Waals surface area contributed by atoms with Crippen molar-refractivity contribution in [1.29, 1.82) is 0 Å². The summed E-state index contributed by atoms with van der Waals surface area (Å²) in [5.41, 5.74) is 0.840. The third kappa shape index (κ3) is 6.14. The van der Waals surface area contributed by atoms with Crippen LogP contribution in [0.5, 0.6) is 0 Å². The fourth-order valence-electron chi connectivity index (χ4n) is 1.85. The van der Waals surface area contributed by atoms with Gasteiger partial charge in [-0.25, -0.2) is 23.1 Å². The maximum atomic E-state index is 12.1. The second-order valence-corrected chi connectivity index (χ2v) is 6.52. The molecule has 1 aromatic carbocycles. The van der Waals surface area contributed by atoms with Crippen molar-refractivity contribution in [3.63, 3.8) is 0 Å². The Kier molecular flexibility index (Phi) is 8.80. The van der Waals surface area contributed by atoms with Gasteiger partial charge in [-0.3, -0.25) is 0 Å². The summed E-state index contributed by atoms with van der Waals surface area (Å²) in [6, 6.07) is 9.39. The van der Waals surface area contributed by atoms with Crippen LogP contribution in [0, 0.1) is 0 Å². The summed E-state index contributed by atoms with van der Waals surface area (Å²) in [7, 11) is -1.98. The molecule has 0 atom stereocenters. The van der Waals surface area contributed by atoms with Crippen LogP contribution in [0.15, 0.2) is 47.6 Å². The average molecular weight is 373 g/mol. The molecule has 2 aromatic rings. The highest BCUT2D eigenvalue weighted by Gasteiger charge is 2.14. The lowest BCUT2D eigenvalue weighted by Gasteiger charge is -2.08. The van der Waals surface area contributed by atoms with Gasteiger partial charge in [-0.05, 0) is 0 Å². The zero-order valence-electron chi connectivity index (χ0n) is 13.3. The molecule has 2 N–H and O–H groups in total. The first-order chi connectivity index (χ1) is 11.1. The van der Waals surface area contributed by atoms with Gasteiger partial charge in [0.2, 0.25) is 10.0 Å². The third-order valence-corrected chi connectivity index (χ3v) is 4.46. The van der Waals surface area contributed by atoms with Crippen LogP contribution in [-0.2, 0) is 14.8 Å². The quantitative estimate of drug-likeness (QED) is 0.640. The highest BCUT2D eigenvalue weighted by molar-refractivity contribution is 7.89. The van der Waals surface area contributed by atoms with E-state index in [1.807, 2.05) is 30.3 Å². The summed E-state index contributed by atoms with van der Waals surface area (Å²) in [4.78, 5) is 8.29. The van der Waals surface area contributed by atoms with E-state index < -0.39 is 10.0 Å². The van der Waals surface area contributed by atoms with Crippen LogP contribution in [0.4, 0.5) is 0 Å². The van der Waals surface area contributed by atoms with Gasteiger partial charge in [0, 0.05) is 32.3 Å². The first-order valence-corrected chi connectivity index (χ1v) is 8.68. The van der Waals surface area contributed by atoms with Crippen molar-refractivity contribution < 1.29 is 13.2 Å². The molecule has 2 rings (SSSR count). The molecule has 24 heavy (non-hydrogen) atoms. The Balaban J connectivity index is 0.00000288. The largest absolute Gasteiger partial charge is 0.383 e. The van der Waals surface area contributed by atoms with Crippen molar-refractivity contribution in [3.05, 3.63) is 42.7 Å². The first-order valence-electron chi connectivity index (χ1n) is 7.20. The molecule has 7 nitrogen and oxygen atoms in total. The number of benzene rings is 1. The highest BCUT2D eigenvalue weighted by Crippen LogP contribution is 2.14. The second kappa shape index (κ2) is 10.3. The van der Waals surface area contributed by atoms with E-state index in [-0.39, 0.29) is 23.8 Å². The molecule has 0 aliphatic rings. The van der Waals surface area contributed by atoms with Gasteiger partial charge in [0.25, 0.3) is 0 Å². The van der Waals surface area contributed by atoms with E-state index in [0.717, 1.165) is 5.56 Å². The van der Waals surface area contributed by atoms with Crippen molar-refractivity contribution in [1.82, 2.24) is 20.0 Å². The number of sulfonamides is 1. The molecular weight excluding hydrogens is 352 g/mol. The number of aromatic nitrogens is 2. The minimum atomic E-state index is -3.60. The molecule has 0 aliphatic heterocycles. The number of ether oxygens (including phenoxy) is 1. The minimum absolute atomic E-state index is 0. The molecule has 0 saturated heterocycles. The molecule has 9 heteroatoms. The summed E-state index contributed by atoms with van der Waals surface area (Å²) in [6.07, 6.45) is 2.63. The highest BCUT2D eigenvalue weighted by atomic mass is 35.5. The van der Waals surface area contributed by atoms with Crippen LogP contribution in [0.3, 0.4) is 0 Å². The Morgan fingerprint density at radius 3 is 2.33 bits per heavy atom. The summed E-state index contributed by atoms with van der Waals surface area (Å²) in [5.74, 6) is 0.491. The minimum Gasteiger partial charge on any atom is -0.383 e. The van der Waals surface area contributed by atoms with E-state index in [0.29, 0.717) is 25.5 Å². The van der Waals surface area contributed by atoms with Crippen molar-refractivity contribution in [2.45, 2.75) is 4.90 Å². The van der Waals surface area contributed by atoms with Gasteiger partial charge >= 0.3 is 0 Å². The van der Waals surface area contributed by atoms with Crippen LogP contribution in [0.25, 0.3) is 11.4 Å². The maximum Gasteiger partial charge on any atom is 0.243 e. The number of nitrogens with zero attached hydrogens (tertiary/aromatic N) is 2. The molecule has 0 bridgehead atoms. The van der Waals surface area contributed by atoms with Crippen LogP contribution in [0.2, 0.25) is 0 Å². The van der Waals surface area contributed by atoms with Gasteiger partial charge in [0.1, 0.15) is 4.90 Å². The Hall–Kier alpha value is -1.58. The lowest BCUT2D eigenvalue weighted by molar-refractivity contribution is 0.199. The maximum absolute atomic E-state index is 12.1. The fraction of sp³-hybridized carbons (Fsp3) is 0.333. The molecule has 0 spiro atoms. The van der Waals surface area contributed by atoms with E-state index in [1.54, 1.807) is 7.11 Å². The Morgan fingerprint density at radius 2 is 1.71 bits per heavy atom. The number of hydrogen-bond donors (Lipinski definition) is 2. The van der Waals surface area contributed by atoms with E-state index in [9.17, 15) is 8.42 Å². The van der Waals surface area contributed by atoms with Crippen molar-refractivity contribution in [2.24, 2.45) is 0 Å².